The van der Waals surface area contributed by atoms with Gasteiger partial charge in [0.2, 0.25) is 10.6 Å². The molecule has 0 radical (unpaired) electrons. The zero-order valence-corrected chi connectivity index (χ0v) is 12.5. The van der Waals surface area contributed by atoms with Crippen molar-refractivity contribution < 1.29 is 19.7 Å². The maximum atomic E-state index is 10.6. The van der Waals surface area contributed by atoms with Crippen LogP contribution in [0.2, 0.25) is 10.6 Å². The molecule has 0 saturated heterocycles. The summed E-state index contributed by atoms with van der Waals surface area (Å²) < 4.78 is 10.6. The molecule has 1 aliphatic rings. The lowest BCUT2D eigenvalue weighted by molar-refractivity contribution is -0.187. The van der Waals surface area contributed by atoms with Crippen LogP contribution in [0.25, 0.3) is 0 Å². The number of rotatable bonds is 4. The lowest BCUT2D eigenvalue weighted by Crippen LogP contribution is -2.57. The van der Waals surface area contributed by atoms with E-state index in [2.05, 4.69) is 15.0 Å². The molecule has 1 fully saturated rings. The van der Waals surface area contributed by atoms with Gasteiger partial charge in [0.15, 0.2) is 0 Å². The Morgan fingerprint density at radius 3 is 2.45 bits per heavy atom. The molecule has 0 aromatic carbocycles. The van der Waals surface area contributed by atoms with Crippen molar-refractivity contribution in [3.63, 3.8) is 0 Å². The summed E-state index contributed by atoms with van der Waals surface area (Å²) in [6.45, 7) is 1.46. The first-order chi connectivity index (χ1) is 9.30. The molecule has 7 nitrogen and oxygen atoms in total. The Balaban J connectivity index is 2.13. The standard InChI is InChI=1S/C11H15Cl2N3O4/c1-10(19-2)6(17)3-4-11(10,18)5-20-9-15-7(12)14-8(13)16-9/h6,17-18H,3-5H2,1-2H3. The number of hydrogen-bond donors (Lipinski definition) is 2. The monoisotopic (exact) mass is 323 g/mol. The molecule has 2 N–H and O–H groups in total. The summed E-state index contributed by atoms with van der Waals surface area (Å²) in [5.41, 5.74) is -2.50. The van der Waals surface area contributed by atoms with Crippen LogP contribution in [0.1, 0.15) is 19.8 Å². The molecule has 112 valence electrons. The largest absolute Gasteiger partial charge is 0.460 e. The van der Waals surface area contributed by atoms with Gasteiger partial charge in [0.25, 0.3) is 0 Å². The first-order valence-corrected chi connectivity index (χ1v) is 6.72. The van der Waals surface area contributed by atoms with Crippen molar-refractivity contribution in [1.82, 2.24) is 15.0 Å². The summed E-state index contributed by atoms with van der Waals surface area (Å²) >= 11 is 11.3. The molecule has 1 aliphatic carbocycles. The molecule has 1 aromatic rings. The van der Waals surface area contributed by atoms with Crippen LogP contribution in [-0.2, 0) is 4.74 Å². The molecule has 3 unspecified atom stereocenters. The van der Waals surface area contributed by atoms with E-state index in [1.807, 2.05) is 0 Å². The Kier molecular flexibility index (Phi) is 4.36. The number of hydrogen-bond acceptors (Lipinski definition) is 7. The fourth-order valence-corrected chi connectivity index (χ4v) is 2.66. The first-order valence-electron chi connectivity index (χ1n) is 5.96. The van der Waals surface area contributed by atoms with Crippen LogP contribution in [0.3, 0.4) is 0 Å². The Morgan fingerprint density at radius 2 is 1.90 bits per heavy atom. The van der Waals surface area contributed by atoms with Crippen molar-refractivity contribution in [2.24, 2.45) is 0 Å². The molecule has 1 saturated carbocycles. The molecule has 3 atom stereocenters. The molecular weight excluding hydrogens is 309 g/mol. The van der Waals surface area contributed by atoms with Crippen LogP contribution < -0.4 is 4.74 Å². The van der Waals surface area contributed by atoms with Gasteiger partial charge in [0.05, 0.1) is 6.10 Å². The summed E-state index contributed by atoms with van der Waals surface area (Å²) in [4.78, 5) is 11.1. The van der Waals surface area contributed by atoms with Crippen molar-refractivity contribution >= 4 is 23.2 Å². The van der Waals surface area contributed by atoms with Crippen LogP contribution in [0.4, 0.5) is 0 Å². The summed E-state index contributed by atoms with van der Waals surface area (Å²) in [5, 5.41) is 20.4. The normalized spacial score (nSPS) is 33.4. The molecule has 9 heteroatoms. The van der Waals surface area contributed by atoms with E-state index in [0.717, 1.165) is 0 Å². The maximum absolute atomic E-state index is 10.6. The van der Waals surface area contributed by atoms with Crippen molar-refractivity contribution in [3.8, 4) is 6.01 Å². The third kappa shape index (κ3) is 2.68. The van der Waals surface area contributed by atoms with Crippen molar-refractivity contribution in [3.05, 3.63) is 10.6 Å². The number of aromatic nitrogens is 3. The van der Waals surface area contributed by atoms with Crippen LogP contribution in [-0.4, -0.2) is 56.2 Å². The van der Waals surface area contributed by atoms with Gasteiger partial charge in [0, 0.05) is 7.11 Å². The van der Waals surface area contributed by atoms with Gasteiger partial charge >= 0.3 is 6.01 Å². The van der Waals surface area contributed by atoms with Gasteiger partial charge in [0.1, 0.15) is 17.8 Å². The second-order valence-electron chi connectivity index (χ2n) is 4.84. The van der Waals surface area contributed by atoms with Gasteiger partial charge in [-0.1, -0.05) is 0 Å². The average molecular weight is 324 g/mol. The van der Waals surface area contributed by atoms with E-state index in [9.17, 15) is 10.2 Å². The van der Waals surface area contributed by atoms with Gasteiger partial charge in [-0.2, -0.15) is 15.0 Å². The molecular formula is C11H15Cl2N3O4. The van der Waals surface area contributed by atoms with Gasteiger partial charge < -0.3 is 19.7 Å². The topological polar surface area (TPSA) is 97.6 Å². The zero-order valence-electron chi connectivity index (χ0n) is 11.0. The van der Waals surface area contributed by atoms with Crippen molar-refractivity contribution in [2.45, 2.75) is 37.1 Å². The SMILES string of the molecule is COC1(C)C(O)CCC1(O)COc1nc(Cl)nc(Cl)n1. The second kappa shape index (κ2) is 5.57. The minimum atomic E-state index is -1.37. The van der Waals surface area contributed by atoms with E-state index in [1.165, 1.54) is 7.11 Å². The summed E-state index contributed by atoms with van der Waals surface area (Å²) in [7, 11) is 1.43. The molecule has 0 bridgehead atoms. The van der Waals surface area contributed by atoms with Crippen molar-refractivity contribution in [2.75, 3.05) is 13.7 Å². The lowest BCUT2D eigenvalue weighted by atomic mass is 9.87. The Hall–Kier alpha value is -0.730. The Bertz CT molecular complexity index is 486. The lowest BCUT2D eigenvalue weighted by Gasteiger charge is -2.39. The van der Waals surface area contributed by atoms with Gasteiger partial charge in [-0.05, 0) is 43.0 Å². The van der Waals surface area contributed by atoms with E-state index in [4.69, 9.17) is 32.7 Å². The number of aliphatic hydroxyl groups is 2. The highest BCUT2D eigenvalue weighted by atomic mass is 35.5. The molecule has 20 heavy (non-hydrogen) atoms. The average Bonchev–Trinajstić information content (AvgIpc) is 2.61. The van der Waals surface area contributed by atoms with E-state index in [-0.39, 0.29) is 23.2 Å². The number of methoxy groups -OCH3 is 1. The fraction of sp³-hybridized carbons (Fsp3) is 0.727. The highest BCUT2D eigenvalue weighted by molar-refractivity contribution is 6.31. The van der Waals surface area contributed by atoms with Crippen LogP contribution in [0.15, 0.2) is 0 Å². The van der Waals surface area contributed by atoms with Crippen LogP contribution >= 0.6 is 23.2 Å². The van der Waals surface area contributed by atoms with E-state index >= 15 is 0 Å². The number of nitrogens with zero attached hydrogens (tertiary/aromatic N) is 3. The maximum Gasteiger partial charge on any atom is 0.322 e. The first kappa shape index (κ1) is 15.7. The number of halogens is 2. The highest BCUT2D eigenvalue weighted by Crippen LogP contribution is 2.42. The van der Waals surface area contributed by atoms with Gasteiger partial charge in [-0.15, -0.1) is 0 Å². The number of ether oxygens (including phenoxy) is 2. The molecule has 0 aliphatic heterocycles. The number of aliphatic hydroxyl groups excluding tert-OH is 1. The van der Waals surface area contributed by atoms with E-state index in [1.54, 1.807) is 6.92 Å². The summed E-state index contributed by atoms with van der Waals surface area (Å²) in [6.07, 6.45) is -0.0554. The fourth-order valence-electron chi connectivity index (χ4n) is 2.31. The molecule has 1 heterocycles. The third-order valence-electron chi connectivity index (χ3n) is 3.82. The predicted octanol–water partition coefficient (Wildman–Crippen LogP) is 0.848. The molecule has 2 rings (SSSR count). The minimum absolute atomic E-state index is 0.0942. The minimum Gasteiger partial charge on any atom is -0.460 e. The summed E-state index contributed by atoms with van der Waals surface area (Å²) in [6, 6.07) is -0.0942. The molecule has 0 spiro atoms. The quantitative estimate of drug-likeness (QED) is 0.847. The van der Waals surface area contributed by atoms with Crippen LogP contribution in [0, 0.1) is 0 Å². The van der Waals surface area contributed by atoms with Crippen molar-refractivity contribution in [1.29, 1.82) is 0 Å². The van der Waals surface area contributed by atoms with Gasteiger partial charge in [-0.3, -0.25) is 0 Å². The van der Waals surface area contributed by atoms with Crippen LogP contribution in [0.5, 0.6) is 6.01 Å². The zero-order chi connectivity index (χ0) is 15.0. The van der Waals surface area contributed by atoms with E-state index in [0.29, 0.717) is 12.8 Å². The van der Waals surface area contributed by atoms with E-state index < -0.39 is 17.3 Å². The molecule has 1 aromatic heterocycles. The van der Waals surface area contributed by atoms with Gasteiger partial charge in [-0.25, -0.2) is 0 Å². The predicted molar refractivity (Wildman–Crippen MR) is 70.9 cm³/mol. The summed E-state index contributed by atoms with van der Waals surface area (Å²) in [5.74, 6) is 0. The second-order valence-corrected chi connectivity index (χ2v) is 5.52. The molecule has 0 amide bonds. The third-order valence-corrected chi connectivity index (χ3v) is 4.15. The Labute approximate surface area is 125 Å². The smallest absolute Gasteiger partial charge is 0.322 e. The Morgan fingerprint density at radius 1 is 1.30 bits per heavy atom. The highest BCUT2D eigenvalue weighted by Gasteiger charge is 2.57.